The molecule has 0 amide bonds. The minimum atomic E-state index is -1.01. The molecular formula is C17H13BrFNO5S. The molecule has 1 aliphatic carbocycles. The van der Waals surface area contributed by atoms with Gasteiger partial charge in [-0.05, 0) is 39.9 Å². The van der Waals surface area contributed by atoms with E-state index in [2.05, 4.69) is 25.7 Å². The van der Waals surface area contributed by atoms with E-state index < -0.39 is 23.7 Å². The molecule has 6 nitrogen and oxygen atoms in total. The molecule has 136 valence electrons. The number of nitrogens with zero attached hydrogens (tertiary/aromatic N) is 1. The van der Waals surface area contributed by atoms with Gasteiger partial charge in [-0.15, -0.1) is 11.3 Å². The van der Waals surface area contributed by atoms with Gasteiger partial charge in [0.2, 0.25) is 0 Å². The van der Waals surface area contributed by atoms with E-state index in [0.29, 0.717) is 40.4 Å². The van der Waals surface area contributed by atoms with Crippen LogP contribution in [0.4, 0.5) is 4.39 Å². The van der Waals surface area contributed by atoms with Gasteiger partial charge in [-0.25, -0.2) is 9.18 Å². The summed E-state index contributed by atoms with van der Waals surface area (Å²) in [4.78, 5) is 38.5. The minimum Gasteiger partial charge on any atom is -0.481 e. The molecule has 1 atom stereocenters. The summed E-state index contributed by atoms with van der Waals surface area (Å²) in [5.74, 6) is -3.39. The molecule has 1 N–H and O–H groups in total. The highest BCUT2D eigenvalue weighted by molar-refractivity contribution is 9.10. The highest BCUT2D eigenvalue weighted by Crippen LogP contribution is 2.42. The Morgan fingerprint density at radius 3 is 2.88 bits per heavy atom. The van der Waals surface area contributed by atoms with Crippen LogP contribution in [0.2, 0.25) is 0 Å². The molecule has 0 saturated heterocycles. The first-order valence-corrected chi connectivity index (χ1v) is 9.31. The Kier molecular flexibility index (Phi) is 5.19. The number of pyridine rings is 1. The average Bonchev–Trinajstić information content (AvgIpc) is 3.20. The number of hydrogen-bond donors (Lipinski definition) is 1. The lowest BCUT2D eigenvalue weighted by Crippen LogP contribution is -2.11. The van der Waals surface area contributed by atoms with Crippen LogP contribution in [-0.4, -0.2) is 35.4 Å². The zero-order chi connectivity index (χ0) is 19.0. The van der Waals surface area contributed by atoms with Crippen LogP contribution in [0.3, 0.4) is 0 Å². The minimum absolute atomic E-state index is 0.0559. The molecule has 1 unspecified atom stereocenters. The number of aldehydes is 1. The van der Waals surface area contributed by atoms with E-state index in [1.165, 1.54) is 5.38 Å². The van der Waals surface area contributed by atoms with E-state index in [0.717, 1.165) is 18.4 Å². The van der Waals surface area contributed by atoms with Crippen molar-refractivity contribution in [2.45, 2.75) is 25.2 Å². The van der Waals surface area contributed by atoms with Gasteiger partial charge in [-0.1, -0.05) is 0 Å². The number of aliphatic carboxylic acids is 1. The van der Waals surface area contributed by atoms with E-state index in [1.54, 1.807) is 0 Å². The molecule has 0 radical (unpaired) electrons. The van der Waals surface area contributed by atoms with Crippen molar-refractivity contribution in [1.29, 1.82) is 0 Å². The summed E-state index contributed by atoms with van der Waals surface area (Å²) in [5.41, 5.74) is 1.90. The molecule has 2 heterocycles. The van der Waals surface area contributed by atoms with Crippen LogP contribution < -0.4 is 0 Å². The number of fused-ring (bicyclic) bond motifs is 1. The molecule has 0 aliphatic heterocycles. The molecule has 2 aromatic rings. The quantitative estimate of drug-likeness (QED) is 0.564. The van der Waals surface area contributed by atoms with Crippen LogP contribution >= 0.6 is 27.3 Å². The maximum atomic E-state index is 14.7. The Bertz CT molecular complexity index is 926. The Balaban J connectivity index is 2.23. The van der Waals surface area contributed by atoms with Crippen molar-refractivity contribution < 1.29 is 28.6 Å². The number of thiophene rings is 1. The molecule has 0 spiro atoms. The normalized spacial score (nSPS) is 15.6. The summed E-state index contributed by atoms with van der Waals surface area (Å²) in [6, 6.07) is 0. The van der Waals surface area contributed by atoms with Crippen LogP contribution in [0.5, 0.6) is 0 Å². The van der Waals surface area contributed by atoms with Gasteiger partial charge in [0.05, 0.1) is 24.4 Å². The Morgan fingerprint density at radius 1 is 1.54 bits per heavy atom. The molecule has 0 fully saturated rings. The maximum absolute atomic E-state index is 14.7. The van der Waals surface area contributed by atoms with Gasteiger partial charge in [0, 0.05) is 21.8 Å². The van der Waals surface area contributed by atoms with Crippen molar-refractivity contribution in [3.05, 3.63) is 37.4 Å². The Morgan fingerprint density at radius 2 is 2.27 bits per heavy atom. The molecule has 0 bridgehead atoms. The van der Waals surface area contributed by atoms with E-state index in [9.17, 15) is 23.9 Å². The van der Waals surface area contributed by atoms with Crippen LogP contribution in [0, 0.1) is 5.82 Å². The molecule has 9 heteroatoms. The molecular weight excluding hydrogens is 429 g/mol. The number of rotatable bonds is 5. The SMILES string of the molecule is COC(=O)c1scc(-c2nc3c(c(CC=O)c2Br)CCC3C(=O)O)c1F. The van der Waals surface area contributed by atoms with Crippen molar-refractivity contribution in [3.8, 4) is 11.3 Å². The lowest BCUT2D eigenvalue weighted by molar-refractivity contribution is -0.138. The van der Waals surface area contributed by atoms with Crippen LogP contribution in [0.25, 0.3) is 11.3 Å². The summed E-state index contributed by atoms with van der Waals surface area (Å²) in [7, 11) is 1.16. The van der Waals surface area contributed by atoms with Gasteiger partial charge in [0.25, 0.3) is 0 Å². The number of carboxylic acid groups (broad SMARTS) is 1. The topological polar surface area (TPSA) is 93.6 Å². The second-order valence-electron chi connectivity index (χ2n) is 5.70. The van der Waals surface area contributed by atoms with Gasteiger partial charge in [0.15, 0.2) is 5.82 Å². The van der Waals surface area contributed by atoms with E-state index in [4.69, 9.17) is 0 Å². The lowest BCUT2D eigenvalue weighted by Gasteiger charge is -2.14. The van der Waals surface area contributed by atoms with Gasteiger partial charge in [0.1, 0.15) is 11.2 Å². The molecule has 1 aliphatic rings. The highest BCUT2D eigenvalue weighted by atomic mass is 79.9. The van der Waals surface area contributed by atoms with Crippen LogP contribution in [0.15, 0.2) is 9.85 Å². The Hall–Kier alpha value is -2.13. The summed E-state index contributed by atoms with van der Waals surface area (Å²) in [6.45, 7) is 0. The average molecular weight is 442 g/mol. The summed E-state index contributed by atoms with van der Waals surface area (Å²) in [5, 5.41) is 10.8. The zero-order valence-corrected chi connectivity index (χ0v) is 15.9. The van der Waals surface area contributed by atoms with Gasteiger partial charge < -0.3 is 14.6 Å². The van der Waals surface area contributed by atoms with Gasteiger partial charge in [-0.2, -0.15) is 0 Å². The monoisotopic (exact) mass is 441 g/mol. The van der Waals surface area contributed by atoms with Crippen LogP contribution in [-0.2, 0) is 27.2 Å². The lowest BCUT2D eigenvalue weighted by atomic mass is 10.00. The molecule has 3 rings (SSSR count). The molecule has 0 aromatic carbocycles. The fourth-order valence-corrected chi connectivity index (χ4v) is 4.66. The molecule has 2 aromatic heterocycles. The fourth-order valence-electron chi connectivity index (χ4n) is 3.11. The van der Waals surface area contributed by atoms with Crippen molar-refractivity contribution in [3.63, 3.8) is 0 Å². The van der Waals surface area contributed by atoms with E-state index in [1.807, 2.05) is 0 Å². The molecule has 0 saturated carbocycles. The summed E-state index contributed by atoms with van der Waals surface area (Å²) in [6.07, 6.45) is 1.63. The first kappa shape index (κ1) is 18.7. The number of hydrogen-bond acceptors (Lipinski definition) is 6. The van der Waals surface area contributed by atoms with Crippen molar-refractivity contribution in [2.24, 2.45) is 0 Å². The highest BCUT2D eigenvalue weighted by Gasteiger charge is 2.34. The second-order valence-corrected chi connectivity index (χ2v) is 7.37. The van der Waals surface area contributed by atoms with Crippen LogP contribution in [0.1, 0.15) is 38.8 Å². The Labute approximate surface area is 160 Å². The number of carboxylic acids is 1. The van der Waals surface area contributed by atoms with Crippen molar-refractivity contribution in [1.82, 2.24) is 4.98 Å². The number of esters is 1. The van der Waals surface area contributed by atoms with Gasteiger partial charge in [-0.3, -0.25) is 9.78 Å². The number of ether oxygens (including phenoxy) is 1. The summed E-state index contributed by atoms with van der Waals surface area (Å²) >= 11 is 4.26. The zero-order valence-electron chi connectivity index (χ0n) is 13.5. The first-order chi connectivity index (χ1) is 12.4. The third-order valence-corrected chi connectivity index (χ3v) is 6.12. The van der Waals surface area contributed by atoms with Crippen molar-refractivity contribution >= 4 is 45.5 Å². The van der Waals surface area contributed by atoms with E-state index in [-0.39, 0.29) is 22.6 Å². The third-order valence-electron chi connectivity index (χ3n) is 4.33. The molecule has 26 heavy (non-hydrogen) atoms. The number of methoxy groups -OCH3 is 1. The second kappa shape index (κ2) is 7.24. The number of carbonyl (C=O) groups is 3. The first-order valence-electron chi connectivity index (χ1n) is 7.63. The maximum Gasteiger partial charge on any atom is 0.351 e. The number of aromatic nitrogens is 1. The summed E-state index contributed by atoms with van der Waals surface area (Å²) < 4.78 is 19.7. The number of carbonyl (C=O) groups excluding carboxylic acids is 2. The number of halogens is 2. The van der Waals surface area contributed by atoms with Crippen molar-refractivity contribution in [2.75, 3.05) is 7.11 Å². The largest absolute Gasteiger partial charge is 0.481 e. The fraction of sp³-hybridized carbons (Fsp3) is 0.294. The predicted octanol–water partition coefficient (Wildman–Crippen LogP) is 3.35. The predicted molar refractivity (Wildman–Crippen MR) is 95.0 cm³/mol. The van der Waals surface area contributed by atoms with Gasteiger partial charge >= 0.3 is 11.9 Å². The standard InChI is InChI=1S/C17H13BrFNO5S/c1-25-17(24)15-12(19)10(6-26-15)14-11(18)7(4-5-21)8-2-3-9(16(22)23)13(8)20-14/h5-6,9H,2-4H2,1H3,(H,22,23). The van der Waals surface area contributed by atoms with E-state index >= 15 is 0 Å². The third kappa shape index (κ3) is 2.95. The smallest absolute Gasteiger partial charge is 0.351 e.